The van der Waals surface area contributed by atoms with Gasteiger partial charge in [0.15, 0.2) is 0 Å². The van der Waals surface area contributed by atoms with Gasteiger partial charge in [-0.05, 0) is 37.1 Å². The lowest BCUT2D eigenvalue weighted by molar-refractivity contribution is -0.275. The van der Waals surface area contributed by atoms with Crippen molar-refractivity contribution in [1.82, 2.24) is 14.5 Å². The molecule has 0 bridgehead atoms. The number of imidazole rings is 1. The van der Waals surface area contributed by atoms with Crippen LogP contribution in [0.25, 0.3) is 0 Å². The van der Waals surface area contributed by atoms with Gasteiger partial charge in [-0.1, -0.05) is 30.3 Å². The maximum absolute atomic E-state index is 12.7. The average Bonchev–Trinajstić information content (AvgIpc) is 3.50. The van der Waals surface area contributed by atoms with Crippen LogP contribution in [0.3, 0.4) is 0 Å². The number of carbonyl (C=O) groups is 1. The third-order valence-corrected chi connectivity index (χ3v) is 6.34. The van der Waals surface area contributed by atoms with Crippen molar-refractivity contribution in [3.8, 4) is 11.8 Å². The number of hydrogen-bond acceptors (Lipinski definition) is 6. The number of aryl methyl sites for hydroxylation is 1. The standard InChI is InChI=1S/C26H26F3N5O3/c1-18-31-14-24(34(18)15-20-9-7-19(13-30)8-10-20)32(2)22-11-12-33(16-22)25(35)36-17-21-5-3-4-6-23(21)37-26(27,28)29/h3-10,14,22H,11-12,15-17H2,1-2H3/t22-/m1/s1. The van der Waals surface area contributed by atoms with Crippen molar-refractivity contribution in [2.24, 2.45) is 0 Å². The number of anilines is 1. The van der Waals surface area contributed by atoms with Gasteiger partial charge in [0.05, 0.1) is 24.4 Å². The molecule has 1 fully saturated rings. The summed E-state index contributed by atoms with van der Waals surface area (Å²) in [6, 6.07) is 15.1. The molecule has 0 aliphatic carbocycles. The highest BCUT2D eigenvalue weighted by Crippen LogP contribution is 2.28. The van der Waals surface area contributed by atoms with E-state index in [0.29, 0.717) is 31.6 Å². The second-order valence-electron chi connectivity index (χ2n) is 8.77. The molecule has 0 saturated carbocycles. The van der Waals surface area contributed by atoms with Crippen molar-refractivity contribution < 1.29 is 27.4 Å². The number of aromatic nitrogens is 2. The normalized spacial score (nSPS) is 15.4. The molecule has 0 spiro atoms. The zero-order chi connectivity index (χ0) is 26.6. The molecule has 1 atom stereocenters. The molecule has 1 amide bonds. The molecule has 1 aromatic heterocycles. The molecule has 37 heavy (non-hydrogen) atoms. The molecule has 3 aromatic rings. The summed E-state index contributed by atoms with van der Waals surface area (Å²) in [5.74, 6) is 1.33. The minimum absolute atomic E-state index is 0.00390. The maximum Gasteiger partial charge on any atom is 0.573 e. The predicted octanol–water partition coefficient (Wildman–Crippen LogP) is 4.86. The number of nitrogens with zero attached hydrogens (tertiary/aromatic N) is 5. The van der Waals surface area contributed by atoms with Gasteiger partial charge in [0.25, 0.3) is 0 Å². The quantitative estimate of drug-likeness (QED) is 0.449. The van der Waals surface area contributed by atoms with Crippen molar-refractivity contribution >= 4 is 11.9 Å². The van der Waals surface area contributed by atoms with Crippen LogP contribution in [0.4, 0.5) is 23.8 Å². The fourth-order valence-electron chi connectivity index (χ4n) is 4.29. The van der Waals surface area contributed by atoms with Crippen LogP contribution in [0, 0.1) is 18.3 Å². The van der Waals surface area contributed by atoms with E-state index in [9.17, 15) is 18.0 Å². The topological polar surface area (TPSA) is 83.6 Å². The van der Waals surface area contributed by atoms with E-state index in [1.54, 1.807) is 29.3 Å². The lowest BCUT2D eigenvalue weighted by Crippen LogP contribution is -2.37. The van der Waals surface area contributed by atoms with E-state index >= 15 is 0 Å². The Kier molecular flexibility index (Phi) is 7.57. The minimum Gasteiger partial charge on any atom is -0.444 e. The Balaban J connectivity index is 1.37. The van der Waals surface area contributed by atoms with E-state index in [4.69, 9.17) is 10.00 Å². The number of nitriles is 1. The second kappa shape index (κ2) is 10.8. The van der Waals surface area contributed by atoms with Crippen LogP contribution < -0.4 is 9.64 Å². The van der Waals surface area contributed by atoms with Gasteiger partial charge in [0.2, 0.25) is 0 Å². The van der Waals surface area contributed by atoms with Gasteiger partial charge in [-0.15, -0.1) is 13.2 Å². The summed E-state index contributed by atoms with van der Waals surface area (Å²) in [5, 5.41) is 9.02. The Bertz CT molecular complexity index is 1280. The van der Waals surface area contributed by atoms with E-state index in [-0.39, 0.29) is 18.2 Å². The zero-order valence-electron chi connectivity index (χ0n) is 20.4. The number of alkyl halides is 3. The van der Waals surface area contributed by atoms with Gasteiger partial charge in [-0.25, -0.2) is 9.78 Å². The summed E-state index contributed by atoms with van der Waals surface area (Å²) in [4.78, 5) is 20.7. The van der Waals surface area contributed by atoms with Gasteiger partial charge < -0.3 is 23.8 Å². The van der Waals surface area contributed by atoms with Crippen LogP contribution in [0.1, 0.15) is 28.9 Å². The first kappa shape index (κ1) is 25.9. The highest BCUT2D eigenvalue weighted by molar-refractivity contribution is 5.68. The number of likely N-dealkylation sites (tertiary alicyclic amines) is 1. The predicted molar refractivity (Wildman–Crippen MR) is 129 cm³/mol. The molecule has 2 aromatic carbocycles. The van der Waals surface area contributed by atoms with E-state index in [2.05, 4.69) is 25.3 Å². The molecule has 194 valence electrons. The highest BCUT2D eigenvalue weighted by Gasteiger charge is 2.33. The Morgan fingerprint density at radius 2 is 1.95 bits per heavy atom. The molecule has 4 rings (SSSR count). The number of likely N-dealkylation sites (N-methyl/N-ethyl adjacent to an activating group) is 1. The van der Waals surface area contributed by atoms with Crippen LogP contribution >= 0.6 is 0 Å². The lowest BCUT2D eigenvalue weighted by atomic mass is 10.1. The minimum atomic E-state index is -4.84. The van der Waals surface area contributed by atoms with Gasteiger partial charge >= 0.3 is 12.5 Å². The largest absolute Gasteiger partial charge is 0.573 e. The number of ether oxygens (including phenoxy) is 2. The number of para-hydroxylation sites is 1. The summed E-state index contributed by atoms with van der Waals surface area (Å²) >= 11 is 0. The van der Waals surface area contributed by atoms with Crippen LogP contribution in [0.2, 0.25) is 0 Å². The number of rotatable bonds is 7. The van der Waals surface area contributed by atoms with Gasteiger partial charge in [0.1, 0.15) is 24.0 Å². The van der Waals surface area contributed by atoms with E-state index in [1.165, 1.54) is 18.2 Å². The molecule has 1 saturated heterocycles. The lowest BCUT2D eigenvalue weighted by Gasteiger charge is -2.27. The Labute approximate surface area is 212 Å². The van der Waals surface area contributed by atoms with Crippen molar-refractivity contribution in [3.05, 3.63) is 77.2 Å². The number of benzene rings is 2. The Morgan fingerprint density at radius 1 is 1.22 bits per heavy atom. The molecule has 0 N–H and O–H groups in total. The average molecular weight is 514 g/mol. The van der Waals surface area contributed by atoms with Gasteiger partial charge in [0, 0.05) is 31.7 Å². The summed E-state index contributed by atoms with van der Waals surface area (Å²) in [7, 11) is 1.94. The van der Waals surface area contributed by atoms with Crippen molar-refractivity contribution in [3.63, 3.8) is 0 Å². The van der Waals surface area contributed by atoms with Gasteiger partial charge in [-0.3, -0.25) is 0 Å². The Hall–Kier alpha value is -4.20. The molecule has 8 nitrogen and oxygen atoms in total. The molecular weight excluding hydrogens is 487 g/mol. The number of amides is 1. The van der Waals surface area contributed by atoms with Crippen molar-refractivity contribution in [2.45, 2.75) is 38.9 Å². The first-order chi connectivity index (χ1) is 17.6. The number of halogens is 3. The smallest absolute Gasteiger partial charge is 0.444 e. The molecule has 2 heterocycles. The summed E-state index contributed by atoms with van der Waals surface area (Å²) in [5.41, 5.74) is 1.75. The zero-order valence-corrected chi connectivity index (χ0v) is 20.4. The molecule has 11 heteroatoms. The SMILES string of the molecule is Cc1ncc(N(C)[C@@H]2CCN(C(=O)OCc3ccccc3OC(F)(F)F)C2)n1Cc1ccc(C#N)cc1. The second-order valence-corrected chi connectivity index (χ2v) is 8.77. The Morgan fingerprint density at radius 3 is 2.65 bits per heavy atom. The summed E-state index contributed by atoms with van der Waals surface area (Å²) in [6.07, 6.45) is -2.95. The van der Waals surface area contributed by atoms with Crippen LogP contribution in [-0.4, -0.2) is 53.1 Å². The van der Waals surface area contributed by atoms with E-state index in [1.807, 2.05) is 26.1 Å². The highest BCUT2D eigenvalue weighted by atomic mass is 19.4. The summed E-state index contributed by atoms with van der Waals surface area (Å²) < 4.78 is 49.3. The first-order valence-corrected chi connectivity index (χ1v) is 11.6. The molecule has 0 radical (unpaired) electrons. The van der Waals surface area contributed by atoms with Crippen LogP contribution in [0.5, 0.6) is 5.75 Å². The van der Waals surface area contributed by atoms with E-state index in [0.717, 1.165) is 17.2 Å². The molecular formula is C26H26F3N5O3. The number of carbonyl (C=O) groups excluding carboxylic acids is 1. The molecule has 1 aliphatic heterocycles. The van der Waals surface area contributed by atoms with Gasteiger partial charge in [-0.2, -0.15) is 5.26 Å². The first-order valence-electron chi connectivity index (χ1n) is 11.6. The fraction of sp³-hybridized carbons (Fsp3) is 0.346. The van der Waals surface area contributed by atoms with Crippen LogP contribution in [0.15, 0.2) is 54.7 Å². The van der Waals surface area contributed by atoms with Crippen molar-refractivity contribution in [2.75, 3.05) is 25.0 Å². The maximum atomic E-state index is 12.7. The van der Waals surface area contributed by atoms with Crippen molar-refractivity contribution in [1.29, 1.82) is 5.26 Å². The third-order valence-electron chi connectivity index (χ3n) is 6.34. The fourth-order valence-corrected chi connectivity index (χ4v) is 4.29. The molecule has 0 unspecified atom stereocenters. The third kappa shape index (κ3) is 6.33. The summed E-state index contributed by atoms with van der Waals surface area (Å²) in [6.45, 7) is 3.02. The number of hydrogen-bond donors (Lipinski definition) is 0. The molecule has 1 aliphatic rings. The monoisotopic (exact) mass is 513 g/mol. The van der Waals surface area contributed by atoms with E-state index < -0.39 is 18.2 Å². The van der Waals surface area contributed by atoms with Crippen LogP contribution in [-0.2, 0) is 17.9 Å².